The third-order valence-electron chi connectivity index (χ3n) is 3.26. The molecular formula is C15H10N2O2S. The average molecular weight is 282 g/mol. The van der Waals surface area contributed by atoms with Crippen LogP contribution in [0.3, 0.4) is 0 Å². The molecule has 1 atom stereocenters. The maximum absolute atomic E-state index is 12.7. The third kappa shape index (κ3) is 1.60. The van der Waals surface area contributed by atoms with E-state index in [0.717, 1.165) is 4.88 Å². The Morgan fingerprint density at radius 3 is 3.00 bits per heavy atom. The van der Waals surface area contributed by atoms with Crippen LogP contribution in [0.4, 0.5) is 0 Å². The van der Waals surface area contributed by atoms with E-state index in [2.05, 4.69) is 4.98 Å². The molecule has 3 aromatic rings. The predicted molar refractivity (Wildman–Crippen MR) is 75.6 cm³/mol. The number of rotatable bonds is 1. The van der Waals surface area contributed by atoms with Gasteiger partial charge in [-0.2, -0.15) is 0 Å². The molecule has 1 aliphatic heterocycles. The number of pyridine rings is 1. The molecule has 0 aromatic carbocycles. The summed E-state index contributed by atoms with van der Waals surface area (Å²) in [7, 11) is 0. The quantitative estimate of drug-likeness (QED) is 0.688. The molecular weight excluding hydrogens is 272 g/mol. The molecule has 98 valence electrons. The number of nitrogens with zero attached hydrogens (tertiary/aromatic N) is 2. The van der Waals surface area contributed by atoms with Crippen LogP contribution in [0.1, 0.15) is 21.5 Å². The van der Waals surface area contributed by atoms with Gasteiger partial charge in [-0.15, -0.1) is 11.3 Å². The van der Waals surface area contributed by atoms with Crippen molar-refractivity contribution in [3.8, 4) is 11.6 Å². The number of carbonyl (C=O) groups excluding carboxylic acids is 1. The van der Waals surface area contributed by atoms with Crippen molar-refractivity contribution in [3.63, 3.8) is 0 Å². The van der Waals surface area contributed by atoms with Gasteiger partial charge in [0.25, 0.3) is 0 Å². The van der Waals surface area contributed by atoms with Crippen molar-refractivity contribution in [2.45, 2.75) is 6.10 Å². The highest BCUT2D eigenvalue weighted by molar-refractivity contribution is 7.10. The number of hydrogen-bond acceptors (Lipinski definition) is 4. The monoisotopic (exact) mass is 282 g/mol. The van der Waals surface area contributed by atoms with Crippen LogP contribution < -0.4 is 4.74 Å². The van der Waals surface area contributed by atoms with Gasteiger partial charge >= 0.3 is 0 Å². The van der Waals surface area contributed by atoms with E-state index in [0.29, 0.717) is 17.3 Å². The van der Waals surface area contributed by atoms with Crippen molar-refractivity contribution >= 4 is 17.1 Å². The number of aromatic nitrogens is 2. The van der Waals surface area contributed by atoms with E-state index in [1.807, 2.05) is 41.9 Å². The largest absolute Gasteiger partial charge is 0.473 e. The first-order valence-electron chi connectivity index (χ1n) is 6.21. The summed E-state index contributed by atoms with van der Waals surface area (Å²) in [4.78, 5) is 17.9. The second-order valence-electron chi connectivity index (χ2n) is 4.47. The summed E-state index contributed by atoms with van der Waals surface area (Å²) in [5.41, 5.74) is 0.598. The Bertz CT molecular complexity index is 777. The SMILES string of the molecule is O=C1c2cccn2-c2ncccc2OC1c1cccs1. The third-order valence-corrected chi connectivity index (χ3v) is 4.18. The first kappa shape index (κ1) is 11.4. The Morgan fingerprint density at radius 2 is 2.15 bits per heavy atom. The molecule has 0 amide bonds. The van der Waals surface area contributed by atoms with E-state index in [1.165, 1.54) is 11.3 Å². The molecule has 0 saturated carbocycles. The van der Waals surface area contributed by atoms with Crippen molar-refractivity contribution < 1.29 is 9.53 Å². The van der Waals surface area contributed by atoms with Crippen LogP contribution in [0.5, 0.6) is 5.75 Å². The lowest BCUT2D eigenvalue weighted by molar-refractivity contribution is 0.0800. The molecule has 20 heavy (non-hydrogen) atoms. The van der Waals surface area contributed by atoms with Gasteiger partial charge in [0.15, 0.2) is 17.7 Å². The van der Waals surface area contributed by atoms with E-state index < -0.39 is 6.10 Å². The minimum atomic E-state index is -0.603. The second-order valence-corrected chi connectivity index (χ2v) is 5.45. The molecule has 1 aliphatic rings. The number of ether oxygens (including phenoxy) is 1. The van der Waals surface area contributed by atoms with Gasteiger partial charge in [0, 0.05) is 12.4 Å². The molecule has 4 rings (SSSR count). The van der Waals surface area contributed by atoms with E-state index in [9.17, 15) is 4.79 Å². The van der Waals surface area contributed by atoms with Gasteiger partial charge in [-0.1, -0.05) is 6.07 Å². The maximum Gasteiger partial charge on any atom is 0.225 e. The zero-order valence-electron chi connectivity index (χ0n) is 10.4. The van der Waals surface area contributed by atoms with E-state index >= 15 is 0 Å². The van der Waals surface area contributed by atoms with Crippen LogP contribution in [0.2, 0.25) is 0 Å². The molecule has 0 bridgehead atoms. The summed E-state index contributed by atoms with van der Waals surface area (Å²) < 4.78 is 7.71. The molecule has 3 aromatic heterocycles. The Hall–Kier alpha value is -2.40. The fourth-order valence-corrected chi connectivity index (χ4v) is 3.11. The minimum Gasteiger partial charge on any atom is -0.473 e. The van der Waals surface area contributed by atoms with Crippen molar-refractivity contribution in [1.82, 2.24) is 9.55 Å². The van der Waals surface area contributed by atoms with Gasteiger partial charge in [-0.05, 0) is 35.7 Å². The van der Waals surface area contributed by atoms with Crippen LogP contribution in [-0.4, -0.2) is 15.3 Å². The van der Waals surface area contributed by atoms with Crippen molar-refractivity contribution in [2.75, 3.05) is 0 Å². The van der Waals surface area contributed by atoms with Gasteiger partial charge in [0.2, 0.25) is 5.78 Å². The maximum atomic E-state index is 12.7. The van der Waals surface area contributed by atoms with Crippen molar-refractivity contribution in [2.24, 2.45) is 0 Å². The van der Waals surface area contributed by atoms with Gasteiger partial charge in [-0.3, -0.25) is 9.36 Å². The summed E-state index contributed by atoms with van der Waals surface area (Å²) in [5.74, 6) is 1.23. The molecule has 0 aliphatic carbocycles. The summed E-state index contributed by atoms with van der Waals surface area (Å²) in [6.07, 6.45) is 2.93. The molecule has 0 radical (unpaired) electrons. The lowest BCUT2D eigenvalue weighted by Crippen LogP contribution is -2.17. The molecule has 4 nitrogen and oxygen atoms in total. The Kier molecular flexibility index (Phi) is 2.47. The lowest BCUT2D eigenvalue weighted by Gasteiger charge is -2.13. The highest BCUT2D eigenvalue weighted by Crippen LogP contribution is 2.35. The van der Waals surface area contributed by atoms with Gasteiger partial charge in [0.1, 0.15) is 0 Å². The number of thiophene rings is 1. The molecule has 0 spiro atoms. The van der Waals surface area contributed by atoms with Crippen LogP contribution in [0, 0.1) is 0 Å². The van der Waals surface area contributed by atoms with Crippen LogP contribution >= 0.6 is 11.3 Å². The van der Waals surface area contributed by atoms with E-state index in [-0.39, 0.29) is 5.78 Å². The minimum absolute atomic E-state index is 0.0459. The van der Waals surface area contributed by atoms with Crippen LogP contribution in [-0.2, 0) is 0 Å². The first-order chi connectivity index (χ1) is 9.84. The molecule has 0 N–H and O–H groups in total. The van der Waals surface area contributed by atoms with Gasteiger partial charge < -0.3 is 4.74 Å². The predicted octanol–water partition coefficient (Wildman–Crippen LogP) is 3.25. The zero-order valence-corrected chi connectivity index (χ0v) is 11.2. The molecule has 0 saturated heterocycles. The van der Waals surface area contributed by atoms with Crippen molar-refractivity contribution in [1.29, 1.82) is 0 Å². The summed E-state index contributed by atoms with van der Waals surface area (Å²) in [6.45, 7) is 0. The highest BCUT2D eigenvalue weighted by atomic mass is 32.1. The molecule has 0 fully saturated rings. The van der Waals surface area contributed by atoms with Crippen LogP contribution in [0.25, 0.3) is 5.82 Å². The summed E-state index contributed by atoms with van der Waals surface area (Å²) >= 11 is 1.52. The highest BCUT2D eigenvalue weighted by Gasteiger charge is 2.32. The second kappa shape index (κ2) is 4.31. The normalized spacial score (nSPS) is 17.0. The number of carbonyl (C=O) groups is 1. The number of hydrogen-bond donors (Lipinski definition) is 0. The zero-order chi connectivity index (χ0) is 13.5. The standard InChI is InChI=1S/C15H10N2O2S/c18-13-10-4-2-8-17(10)15-11(5-1-7-16-15)19-14(13)12-6-3-9-20-12/h1-9,14H. The molecule has 1 unspecified atom stereocenters. The lowest BCUT2D eigenvalue weighted by atomic mass is 10.1. The number of ketones is 1. The van der Waals surface area contributed by atoms with Crippen LogP contribution in [0.15, 0.2) is 54.2 Å². The smallest absolute Gasteiger partial charge is 0.225 e. The van der Waals surface area contributed by atoms with E-state index in [4.69, 9.17) is 4.74 Å². The fraction of sp³-hybridized carbons (Fsp3) is 0.0667. The Labute approximate surface area is 119 Å². The number of fused-ring (bicyclic) bond motifs is 3. The van der Waals surface area contributed by atoms with Gasteiger partial charge in [0.05, 0.1) is 10.6 Å². The Morgan fingerprint density at radius 1 is 1.20 bits per heavy atom. The Balaban J connectivity index is 1.95. The topological polar surface area (TPSA) is 44.1 Å². The van der Waals surface area contributed by atoms with Crippen molar-refractivity contribution in [3.05, 3.63) is 64.7 Å². The molecule has 4 heterocycles. The number of Topliss-reactive ketones (excluding diaryl/α,β-unsaturated/α-hetero) is 1. The fourth-order valence-electron chi connectivity index (χ4n) is 2.36. The average Bonchev–Trinajstić information content (AvgIpc) is 3.14. The summed E-state index contributed by atoms with van der Waals surface area (Å²) in [6, 6.07) is 11.1. The van der Waals surface area contributed by atoms with E-state index in [1.54, 1.807) is 16.8 Å². The first-order valence-corrected chi connectivity index (χ1v) is 7.09. The molecule has 5 heteroatoms. The summed E-state index contributed by atoms with van der Waals surface area (Å²) in [5, 5.41) is 1.94. The van der Waals surface area contributed by atoms with Gasteiger partial charge in [-0.25, -0.2) is 4.98 Å².